The fraction of sp³-hybridized carbons (Fsp3) is 0.562. The highest BCUT2D eigenvalue weighted by Crippen LogP contribution is 2.24. The molecule has 3 N–H and O–H groups in total. The molecule has 0 aromatic heterocycles. The van der Waals surface area contributed by atoms with Gasteiger partial charge < -0.3 is 15.8 Å². The topological polar surface area (TPSA) is 64.4 Å². The number of carbonyl (C=O) groups is 1. The Labute approximate surface area is 121 Å². The van der Waals surface area contributed by atoms with E-state index in [1.807, 2.05) is 31.2 Å². The van der Waals surface area contributed by atoms with Gasteiger partial charge in [0, 0.05) is 0 Å². The third-order valence-corrected chi connectivity index (χ3v) is 3.38. The molecule has 0 fully saturated rings. The average molecular weight is 278 g/mol. The zero-order valence-electron chi connectivity index (χ0n) is 12.8. The van der Waals surface area contributed by atoms with E-state index in [4.69, 9.17) is 10.5 Å². The molecule has 2 unspecified atom stereocenters. The van der Waals surface area contributed by atoms with Crippen molar-refractivity contribution in [2.24, 2.45) is 11.7 Å². The van der Waals surface area contributed by atoms with Gasteiger partial charge in [-0.15, -0.1) is 0 Å². The molecule has 1 rings (SSSR count). The van der Waals surface area contributed by atoms with Gasteiger partial charge in [-0.25, -0.2) is 0 Å². The van der Waals surface area contributed by atoms with Gasteiger partial charge in [0.1, 0.15) is 5.75 Å². The largest absolute Gasteiger partial charge is 0.497 e. The summed E-state index contributed by atoms with van der Waals surface area (Å²) < 4.78 is 5.15. The van der Waals surface area contributed by atoms with Crippen LogP contribution in [0.1, 0.15) is 45.2 Å². The Morgan fingerprint density at radius 3 is 2.35 bits per heavy atom. The summed E-state index contributed by atoms with van der Waals surface area (Å²) in [5, 5.41) is 3.05. The maximum atomic E-state index is 12.1. The van der Waals surface area contributed by atoms with Crippen LogP contribution in [0.3, 0.4) is 0 Å². The van der Waals surface area contributed by atoms with E-state index in [9.17, 15) is 4.79 Å². The van der Waals surface area contributed by atoms with Gasteiger partial charge in [0.2, 0.25) is 5.91 Å². The number of hydrogen-bond acceptors (Lipinski definition) is 3. The van der Waals surface area contributed by atoms with Crippen LogP contribution in [0.4, 0.5) is 0 Å². The quantitative estimate of drug-likeness (QED) is 0.806. The fourth-order valence-electron chi connectivity index (χ4n) is 2.15. The Hall–Kier alpha value is -1.55. The number of ether oxygens (including phenoxy) is 1. The van der Waals surface area contributed by atoms with Gasteiger partial charge in [0.15, 0.2) is 0 Å². The average Bonchev–Trinajstić information content (AvgIpc) is 2.44. The molecule has 0 radical (unpaired) electrons. The number of amides is 1. The van der Waals surface area contributed by atoms with E-state index in [1.165, 1.54) is 0 Å². The number of hydrogen-bond donors (Lipinski definition) is 2. The Morgan fingerprint density at radius 1 is 1.30 bits per heavy atom. The highest BCUT2D eigenvalue weighted by atomic mass is 16.5. The van der Waals surface area contributed by atoms with E-state index in [-0.39, 0.29) is 11.9 Å². The minimum atomic E-state index is -0.431. The van der Waals surface area contributed by atoms with E-state index in [0.29, 0.717) is 12.3 Å². The first-order valence-electron chi connectivity index (χ1n) is 7.19. The van der Waals surface area contributed by atoms with E-state index in [2.05, 4.69) is 19.2 Å². The molecule has 0 saturated carbocycles. The maximum absolute atomic E-state index is 12.1. The molecule has 2 atom stereocenters. The minimum Gasteiger partial charge on any atom is -0.497 e. The Morgan fingerprint density at radius 2 is 1.90 bits per heavy atom. The Kier molecular flexibility index (Phi) is 6.52. The van der Waals surface area contributed by atoms with Crippen LogP contribution in [0.5, 0.6) is 5.75 Å². The van der Waals surface area contributed by atoms with Crippen LogP contribution in [-0.2, 0) is 4.79 Å². The third kappa shape index (κ3) is 4.53. The van der Waals surface area contributed by atoms with Crippen molar-refractivity contribution in [1.29, 1.82) is 0 Å². The second-order valence-electron chi connectivity index (χ2n) is 5.40. The summed E-state index contributed by atoms with van der Waals surface area (Å²) in [5.74, 6) is 1.02. The van der Waals surface area contributed by atoms with Crippen molar-refractivity contribution in [2.45, 2.75) is 45.7 Å². The summed E-state index contributed by atoms with van der Waals surface area (Å²) in [6.07, 6.45) is 1.61. The van der Waals surface area contributed by atoms with Crippen molar-refractivity contribution in [3.63, 3.8) is 0 Å². The summed E-state index contributed by atoms with van der Waals surface area (Å²) >= 11 is 0. The normalized spacial score (nSPS) is 13.9. The summed E-state index contributed by atoms with van der Waals surface area (Å²) in [7, 11) is 1.64. The van der Waals surface area contributed by atoms with Crippen molar-refractivity contribution in [1.82, 2.24) is 5.32 Å². The number of rotatable bonds is 7. The van der Waals surface area contributed by atoms with Crippen molar-refractivity contribution < 1.29 is 9.53 Å². The molecule has 4 nitrogen and oxygen atoms in total. The Bertz CT molecular complexity index is 415. The second kappa shape index (κ2) is 7.90. The molecule has 112 valence electrons. The van der Waals surface area contributed by atoms with Crippen molar-refractivity contribution in [2.75, 3.05) is 7.11 Å². The zero-order chi connectivity index (χ0) is 15.1. The Balaban J connectivity index is 2.80. The number of benzene rings is 1. The molecular formula is C16H26N2O2. The van der Waals surface area contributed by atoms with Crippen LogP contribution in [0.15, 0.2) is 24.3 Å². The predicted octanol–water partition coefficient (Wildman–Crippen LogP) is 2.64. The van der Waals surface area contributed by atoms with Gasteiger partial charge in [-0.05, 0) is 30.0 Å². The lowest BCUT2D eigenvalue weighted by atomic mass is 9.95. The lowest BCUT2D eigenvalue weighted by Gasteiger charge is -2.24. The molecule has 0 bridgehead atoms. The summed E-state index contributed by atoms with van der Waals surface area (Å²) in [4.78, 5) is 12.1. The van der Waals surface area contributed by atoms with Crippen molar-refractivity contribution in [3.8, 4) is 5.75 Å². The SMILES string of the molecule is CCCC(N)C(=O)NC(c1ccc(OC)cc1)C(C)C. The van der Waals surface area contributed by atoms with E-state index in [1.54, 1.807) is 7.11 Å². The molecule has 0 heterocycles. The van der Waals surface area contributed by atoms with E-state index < -0.39 is 6.04 Å². The zero-order valence-corrected chi connectivity index (χ0v) is 12.8. The van der Waals surface area contributed by atoms with Crippen LogP contribution in [0, 0.1) is 5.92 Å². The van der Waals surface area contributed by atoms with Gasteiger partial charge in [-0.1, -0.05) is 39.3 Å². The predicted molar refractivity (Wildman–Crippen MR) is 81.6 cm³/mol. The summed E-state index contributed by atoms with van der Waals surface area (Å²) in [6.45, 7) is 6.19. The first kappa shape index (κ1) is 16.5. The van der Waals surface area contributed by atoms with E-state index >= 15 is 0 Å². The lowest BCUT2D eigenvalue weighted by molar-refractivity contribution is -0.123. The second-order valence-corrected chi connectivity index (χ2v) is 5.40. The molecule has 0 aliphatic heterocycles. The third-order valence-electron chi connectivity index (χ3n) is 3.38. The molecule has 0 aliphatic carbocycles. The molecule has 0 aliphatic rings. The van der Waals surface area contributed by atoms with Crippen molar-refractivity contribution >= 4 is 5.91 Å². The summed E-state index contributed by atoms with van der Waals surface area (Å²) in [5.41, 5.74) is 6.94. The molecule has 1 aromatic carbocycles. The van der Waals surface area contributed by atoms with Crippen LogP contribution >= 0.6 is 0 Å². The smallest absolute Gasteiger partial charge is 0.237 e. The summed E-state index contributed by atoms with van der Waals surface area (Å²) in [6, 6.07) is 7.31. The van der Waals surface area contributed by atoms with E-state index in [0.717, 1.165) is 17.7 Å². The first-order chi connectivity index (χ1) is 9.49. The molecule has 0 spiro atoms. The number of methoxy groups -OCH3 is 1. The molecular weight excluding hydrogens is 252 g/mol. The van der Waals surface area contributed by atoms with Crippen LogP contribution in [0.25, 0.3) is 0 Å². The number of carbonyl (C=O) groups excluding carboxylic acids is 1. The minimum absolute atomic E-state index is 0.0312. The molecule has 0 saturated heterocycles. The van der Waals surface area contributed by atoms with Gasteiger partial charge in [-0.2, -0.15) is 0 Å². The molecule has 4 heteroatoms. The van der Waals surface area contributed by atoms with Crippen molar-refractivity contribution in [3.05, 3.63) is 29.8 Å². The lowest BCUT2D eigenvalue weighted by Crippen LogP contribution is -2.43. The molecule has 20 heavy (non-hydrogen) atoms. The monoisotopic (exact) mass is 278 g/mol. The molecule has 1 amide bonds. The fourth-order valence-corrected chi connectivity index (χ4v) is 2.15. The first-order valence-corrected chi connectivity index (χ1v) is 7.19. The number of nitrogens with two attached hydrogens (primary N) is 1. The van der Waals surface area contributed by atoms with Crippen LogP contribution in [0.2, 0.25) is 0 Å². The van der Waals surface area contributed by atoms with Gasteiger partial charge >= 0.3 is 0 Å². The number of nitrogens with one attached hydrogen (secondary N) is 1. The van der Waals surface area contributed by atoms with Crippen LogP contribution < -0.4 is 15.8 Å². The van der Waals surface area contributed by atoms with Gasteiger partial charge in [0.25, 0.3) is 0 Å². The maximum Gasteiger partial charge on any atom is 0.237 e. The van der Waals surface area contributed by atoms with Gasteiger partial charge in [0.05, 0.1) is 19.2 Å². The van der Waals surface area contributed by atoms with Crippen LogP contribution in [-0.4, -0.2) is 19.1 Å². The highest BCUT2D eigenvalue weighted by Gasteiger charge is 2.21. The highest BCUT2D eigenvalue weighted by molar-refractivity contribution is 5.81. The standard InChI is InChI=1S/C16H26N2O2/c1-5-6-14(17)16(19)18-15(11(2)3)12-7-9-13(20-4)10-8-12/h7-11,14-15H,5-6,17H2,1-4H3,(H,18,19). The molecule has 1 aromatic rings. The van der Waals surface area contributed by atoms with Gasteiger partial charge in [-0.3, -0.25) is 4.79 Å².